The first-order valence-corrected chi connectivity index (χ1v) is 8.11. The molecule has 0 saturated heterocycles. The molecule has 0 aliphatic heterocycles. The molecule has 21 heavy (non-hydrogen) atoms. The number of allylic oxidation sites excluding steroid dienone is 1. The van der Waals surface area contributed by atoms with Crippen LogP contribution < -0.4 is 5.32 Å². The highest BCUT2D eigenvalue weighted by molar-refractivity contribution is 5.78. The highest BCUT2D eigenvalue weighted by atomic mass is 16.4. The molecule has 0 aromatic rings. The van der Waals surface area contributed by atoms with E-state index in [1.54, 1.807) is 0 Å². The zero-order chi connectivity index (χ0) is 16.1. The first-order chi connectivity index (χ1) is 9.95. The zero-order valence-corrected chi connectivity index (χ0v) is 13.7. The molecule has 122 valence electrons. The van der Waals surface area contributed by atoms with Crippen molar-refractivity contribution in [2.24, 2.45) is 5.92 Å². The van der Waals surface area contributed by atoms with Crippen molar-refractivity contribution in [2.45, 2.75) is 78.2 Å². The second kappa shape index (κ2) is 12.4. The lowest BCUT2D eigenvalue weighted by Gasteiger charge is -2.18. The van der Waals surface area contributed by atoms with Crippen LogP contribution >= 0.6 is 0 Å². The summed E-state index contributed by atoms with van der Waals surface area (Å²) in [5, 5.41) is 11.7. The van der Waals surface area contributed by atoms with Crippen molar-refractivity contribution < 1.29 is 14.7 Å². The number of carboxylic acid groups (broad SMARTS) is 1. The number of hydrogen-bond donors (Lipinski definition) is 2. The Bertz CT molecular complexity index is 324. The molecule has 1 atom stereocenters. The summed E-state index contributed by atoms with van der Waals surface area (Å²) in [5.74, 6) is -0.595. The van der Waals surface area contributed by atoms with Gasteiger partial charge in [0.05, 0.1) is 6.42 Å². The van der Waals surface area contributed by atoms with Crippen LogP contribution in [-0.4, -0.2) is 23.0 Å². The minimum absolute atomic E-state index is 0.00927. The molecular weight excluding hydrogens is 266 g/mol. The van der Waals surface area contributed by atoms with Crippen molar-refractivity contribution in [1.82, 2.24) is 5.32 Å². The summed E-state index contributed by atoms with van der Waals surface area (Å²) in [7, 11) is 0. The largest absolute Gasteiger partial charge is 0.481 e. The van der Waals surface area contributed by atoms with Gasteiger partial charge in [0.1, 0.15) is 0 Å². The molecule has 0 radical (unpaired) electrons. The molecule has 0 aromatic heterocycles. The van der Waals surface area contributed by atoms with E-state index in [1.165, 1.54) is 25.7 Å². The molecule has 0 bridgehead atoms. The van der Waals surface area contributed by atoms with Crippen molar-refractivity contribution in [3.63, 3.8) is 0 Å². The molecule has 1 amide bonds. The monoisotopic (exact) mass is 297 g/mol. The van der Waals surface area contributed by atoms with Crippen molar-refractivity contribution in [3.05, 3.63) is 12.2 Å². The average molecular weight is 297 g/mol. The van der Waals surface area contributed by atoms with E-state index in [-0.39, 0.29) is 18.4 Å². The number of rotatable bonds is 12. The fraction of sp³-hybridized carbons (Fsp3) is 0.765. The van der Waals surface area contributed by atoms with Gasteiger partial charge in [0.25, 0.3) is 0 Å². The van der Waals surface area contributed by atoms with E-state index in [2.05, 4.69) is 12.2 Å². The Hall–Kier alpha value is -1.32. The van der Waals surface area contributed by atoms with Gasteiger partial charge < -0.3 is 10.4 Å². The van der Waals surface area contributed by atoms with Crippen LogP contribution in [0.4, 0.5) is 0 Å². The molecule has 0 unspecified atom stereocenters. The van der Waals surface area contributed by atoms with Gasteiger partial charge in [-0.1, -0.05) is 52.2 Å². The average Bonchev–Trinajstić information content (AvgIpc) is 2.36. The fourth-order valence-electron chi connectivity index (χ4n) is 2.26. The Morgan fingerprint density at radius 3 is 2.43 bits per heavy atom. The third-order valence-corrected chi connectivity index (χ3v) is 3.24. The third-order valence-electron chi connectivity index (χ3n) is 3.24. The molecule has 0 saturated carbocycles. The quantitative estimate of drug-likeness (QED) is 0.424. The van der Waals surface area contributed by atoms with Gasteiger partial charge in [-0.15, -0.1) is 0 Å². The fourth-order valence-corrected chi connectivity index (χ4v) is 2.26. The van der Waals surface area contributed by atoms with Crippen molar-refractivity contribution in [1.29, 1.82) is 0 Å². The van der Waals surface area contributed by atoms with Gasteiger partial charge in [-0.05, 0) is 25.2 Å². The second-order valence-electron chi connectivity index (χ2n) is 6.02. The van der Waals surface area contributed by atoms with Gasteiger partial charge in [-0.2, -0.15) is 0 Å². The topological polar surface area (TPSA) is 66.4 Å². The van der Waals surface area contributed by atoms with E-state index in [0.717, 1.165) is 6.42 Å². The molecule has 4 heteroatoms. The zero-order valence-electron chi connectivity index (χ0n) is 13.7. The SMILES string of the molecule is CCCCCCC=CCC(=O)N[C@@H](CC(=O)O)CC(C)C. The number of nitrogens with one attached hydrogen (secondary N) is 1. The van der Waals surface area contributed by atoms with Crippen molar-refractivity contribution in [2.75, 3.05) is 0 Å². The summed E-state index contributed by atoms with van der Waals surface area (Å²) in [4.78, 5) is 22.6. The van der Waals surface area contributed by atoms with Gasteiger partial charge in [-0.25, -0.2) is 0 Å². The maximum atomic E-state index is 11.8. The molecule has 0 aliphatic rings. The lowest BCUT2D eigenvalue weighted by Crippen LogP contribution is -2.37. The molecule has 0 aliphatic carbocycles. The number of aliphatic carboxylic acids is 1. The Morgan fingerprint density at radius 2 is 1.86 bits per heavy atom. The van der Waals surface area contributed by atoms with Gasteiger partial charge in [0.15, 0.2) is 0 Å². The Balaban J connectivity index is 3.96. The van der Waals surface area contributed by atoms with Gasteiger partial charge >= 0.3 is 5.97 Å². The van der Waals surface area contributed by atoms with Crippen molar-refractivity contribution >= 4 is 11.9 Å². The lowest BCUT2D eigenvalue weighted by molar-refractivity contribution is -0.137. The molecule has 2 N–H and O–H groups in total. The normalized spacial score (nSPS) is 12.8. The van der Waals surface area contributed by atoms with Gasteiger partial charge in [0.2, 0.25) is 5.91 Å². The number of carboxylic acids is 1. The van der Waals surface area contributed by atoms with Gasteiger partial charge in [0, 0.05) is 12.5 Å². The van der Waals surface area contributed by atoms with E-state index in [4.69, 9.17) is 5.11 Å². The summed E-state index contributed by atoms with van der Waals surface area (Å²) in [5.41, 5.74) is 0. The van der Waals surface area contributed by atoms with Crippen LogP contribution in [-0.2, 0) is 9.59 Å². The summed E-state index contributed by atoms with van der Waals surface area (Å²) in [6.07, 6.45) is 10.9. The van der Waals surface area contributed by atoms with E-state index in [0.29, 0.717) is 18.8 Å². The minimum atomic E-state index is -0.868. The number of unbranched alkanes of at least 4 members (excludes halogenated alkanes) is 4. The number of hydrogen-bond acceptors (Lipinski definition) is 2. The molecule has 0 heterocycles. The van der Waals surface area contributed by atoms with Crippen LogP contribution in [0.25, 0.3) is 0 Å². The first-order valence-electron chi connectivity index (χ1n) is 8.11. The third kappa shape index (κ3) is 13.4. The lowest BCUT2D eigenvalue weighted by atomic mass is 10.0. The van der Waals surface area contributed by atoms with Crippen molar-refractivity contribution in [3.8, 4) is 0 Å². The molecule has 4 nitrogen and oxygen atoms in total. The van der Waals surface area contributed by atoms with Gasteiger partial charge in [-0.3, -0.25) is 9.59 Å². The molecule has 0 spiro atoms. The number of amides is 1. The van der Waals surface area contributed by atoms with E-state index < -0.39 is 5.97 Å². The predicted octanol–water partition coefficient (Wildman–Crippen LogP) is 3.91. The minimum Gasteiger partial charge on any atom is -0.481 e. The van der Waals surface area contributed by atoms with Crippen LogP contribution in [0.2, 0.25) is 0 Å². The number of carbonyl (C=O) groups is 2. The van der Waals surface area contributed by atoms with Crippen LogP contribution in [0.3, 0.4) is 0 Å². The van der Waals surface area contributed by atoms with Crippen LogP contribution in [0.15, 0.2) is 12.2 Å². The Labute approximate surface area is 129 Å². The summed E-state index contributed by atoms with van der Waals surface area (Å²) >= 11 is 0. The number of carbonyl (C=O) groups excluding carboxylic acids is 1. The predicted molar refractivity (Wildman–Crippen MR) is 86.2 cm³/mol. The maximum Gasteiger partial charge on any atom is 0.305 e. The van der Waals surface area contributed by atoms with Crippen LogP contribution in [0, 0.1) is 5.92 Å². The molecular formula is C17H31NO3. The molecule has 0 rings (SSSR count). The summed E-state index contributed by atoms with van der Waals surface area (Å²) in [6.45, 7) is 6.24. The van der Waals surface area contributed by atoms with E-state index in [9.17, 15) is 9.59 Å². The van der Waals surface area contributed by atoms with E-state index in [1.807, 2.05) is 26.0 Å². The Kier molecular flexibility index (Phi) is 11.6. The molecule has 0 fully saturated rings. The molecule has 0 aromatic carbocycles. The highest BCUT2D eigenvalue weighted by Gasteiger charge is 2.16. The summed E-state index contributed by atoms with van der Waals surface area (Å²) < 4.78 is 0. The standard InChI is InChI=1S/C17H31NO3/c1-4-5-6-7-8-9-10-11-16(19)18-15(12-14(2)3)13-17(20)21/h9-10,14-15H,4-8,11-13H2,1-3H3,(H,18,19)(H,20,21)/t15-/m1/s1. The second-order valence-corrected chi connectivity index (χ2v) is 6.02. The maximum absolute atomic E-state index is 11.8. The first kappa shape index (κ1) is 19.7. The smallest absolute Gasteiger partial charge is 0.305 e. The van der Waals surface area contributed by atoms with Crippen LogP contribution in [0.5, 0.6) is 0 Å². The highest BCUT2D eigenvalue weighted by Crippen LogP contribution is 2.08. The summed E-state index contributed by atoms with van der Waals surface area (Å²) in [6, 6.07) is -0.270. The van der Waals surface area contributed by atoms with Crippen LogP contribution in [0.1, 0.15) is 72.1 Å². The Morgan fingerprint density at radius 1 is 1.14 bits per heavy atom. The van der Waals surface area contributed by atoms with E-state index >= 15 is 0 Å².